The van der Waals surface area contributed by atoms with E-state index in [0.717, 1.165) is 57.8 Å². The molecule has 0 saturated heterocycles. The Bertz CT molecular complexity index is 1040. The van der Waals surface area contributed by atoms with Crippen molar-refractivity contribution in [2.45, 2.75) is 200 Å². The maximum atomic E-state index is 12.6. The van der Waals surface area contributed by atoms with Gasteiger partial charge in [-0.25, -0.2) is 4.57 Å². The smallest absolute Gasteiger partial charge is 0.462 e. The molecule has 0 aliphatic heterocycles. The van der Waals surface area contributed by atoms with E-state index in [0.29, 0.717) is 12.8 Å². The van der Waals surface area contributed by atoms with Crippen molar-refractivity contribution in [1.82, 2.24) is 0 Å². The lowest BCUT2D eigenvalue weighted by molar-refractivity contribution is -0.161. The third kappa shape index (κ3) is 41.4. The van der Waals surface area contributed by atoms with E-state index in [1.54, 1.807) is 0 Å². The number of rotatable bonds is 41. The Morgan fingerprint density at radius 1 is 0.545 bits per heavy atom. The van der Waals surface area contributed by atoms with Gasteiger partial charge in [0.25, 0.3) is 0 Å². The number of carbonyl (C=O) groups excluding carboxylic acids is 2. The number of nitrogens with two attached hydrogens (primary N) is 1. The van der Waals surface area contributed by atoms with Crippen LogP contribution in [0.5, 0.6) is 0 Å². The van der Waals surface area contributed by atoms with Gasteiger partial charge in [0.1, 0.15) is 6.61 Å². The van der Waals surface area contributed by atoms with Crippen LogP contribution >= 0.6 is 7.82 Å². The second kappa shape index (κ2) is 41.6. The number of ether oxygens (including phenoxy) is 2. The molecule has 2 atom stereocenters. The van der Waals surface area contributed by atoms with E-state index in [-0.39, 0.29) is 32.6 Å². The van der Waals surface area contributed by atoms with Crippen LogP contribution in [-0.2, 0) is 32.7 Å². The average molecular weight is 796 g/mol. The van der Waals surface area contributed by atoms with Crippen LogP contribution in [0.25, 0.3) is 0 Å². The summed E-state index contributed by atoms with van der Waals surface area (Å²) in [6.45, 7) is 3.67. The first kappa shape index (κ1) is 53.0. The number of esters is 2. The minimum atomic E-state index is -4.38. The molecule has 0 amide bonds. The molecule has 0 bridgehead atoms. The predicted octanol–water partition coefficient (Wildman–Crippen LogP) is 12.7. The fraction of sp³-hybridized carbons (Fsp3) is 0.778. The molecule has 9 nitrogen and oxygen atoms in total. The van der Waals surface area contributed by atoms with Crippen molar-refractivity contribution in [3.63, 3.8) is 0 Å². The molecule has 320 valence electrons. The van der Waals surface area contributed by atoms with Gasteiger partial charge in [0.2, 0.25) is 0 Å². The van der Waals surface area contributed by atoms with E-state index in [2.05, 4.69) is 62.5 Å². The van der Waals surface area contributed by atoms with Crippen LogP contribution in [0.15, 0.2) is 48.6 Å². The summed E-state index contributed by atoms with van der Waals surface area (Å²) in [5.74, 6) is -0.856. The largest absolute Gasteiger partial charge is 0.472 e. The maximum absolute atomic E-state index is 12.6. The molecule has 0 fully saturated rings. The number of phosphoric ester groups is 1. The predicted molar refractivity (Wildman–Crippen MR) is 229 cm³/mol. The van der Waals surface area contributed by atoms with Crippen molar-refractivity contribution in [2.24, 2.45) is 5.73 Å². The lowest BCUT2D eigenvalue weighted by atomic mass is 10.1. The fourth-order valence-corrected chi connectivity index (χ4v) is 6.64. The summed E-state index contributed by atoms with van der Waals surface area (Å²) < 4.78 is 32.8. The highest BCUT2D eigenvalue weighted by Gasteiger charge is 2.26. The van der Waals surface area contributed by atoms with Gasteiger partial charge in [-0.2, -0.15) is 0 Å². The monoisotopic (exact) mass is 796 g/mol. The van der Waals surface area contributed by atoms with Crippen LogP contribution in [0, 0.1) is 0 Å². The lowest BCUT2D eigenvalue weighted by Crippen LogP contribution is -2.29. The van der Waals surface area contributed by atoms with Crippen molar-refractivity contribution < 1.29 is 37.6 Å². The minimum Gasteiger partial charge on any atom is -0.462 e. The Hall–Kier alpha value is -2.03. The molecule has 0 saturated carbocycles. The Kier molecular flexibility index (Phi) is 40.1. The first-order chi connectivity index (χ1) is 26.8. The fourth-order valence-electron chi connectivity index (χ4n) is 5.87. The summed E-state index contributed by atoms with van der Waals surface area (Å²) in [5, 5.41) is 0. The normalized spacial score (nSPS) is 13.7. The molecule has 10 heteroatoms. The van der Waals surface area contributed by atoms with Crippen molar-refractivity contribution >= 4 is 19.8 Å². The van der Waals surface area contributed by atoms with Crippen molar-refractivity contribution in [3.05, 3.63) is 48.6 Å². The number of phosphoric acid groups is 1. The quantitative estimate of drug-likeness (QED) is 0.0268. The van der Waals surface area contributed by atoms with Crippen molar-refractivity contribution in [1.29, 1.82) is 0 Å². The highest BCUT2D eigenvalue weighted by atomic mass is 31.2. The van der Waals surface area contributed by atoms with E-state index in [9.17, 15) is 19.0 Å². The Labute approximate surface area is 336 Å². The molecule has 55 heavy (non-hydrogen) atoms. The molecule has 0 radical (unpaired) electrons. The van der Waals surface area contributed by atoms with Gasteiger partial charge in [0.15, 0.2) is 6.10 Å². The summed E-state index contributed by atoms with van der Waals surface area (Å²) in [4.78, 5) is 34.9. The van der Waals surface area contributed by atoms with E-state index < -0.39 is 32.5 Å². The van der Waals surface area contributed by atoms with E-state index in [1.807, 2.05) is 0 Å². The number of unbranched alkanes of at least 4 members (excludes halogenated alkanes) is 20. The Morgan fingerprint density at radius 2 is 0.945 bits per heavy atom. The van der Waals surface area contributed by atoms with Crippen LogP contribution in [0.4, 0.5) is 0 Å². The Morgan fingerprint density at radius 3 is 1.45 bits per heavy atom. The summed E-state index contributed by atoms with van der Waals surface area (Å²) in [7, 11) is -4.38. The molecule has 3 N–H and O–H groups in total. The molecule has 0 aromatic carbocycles. The molecular formula is C45H82NO8P. The average Bonchev–Trinajstić information content (AvgIpc) is 3.17. The highest BCUT2D eigenvalue weighted by Crippen LogP contribution is 2.43. The molecule has 0 heterocycles. The Balaban J connectivity index is 4.19. The third-order valence-corrected chi connectivity index (χ3v) is 10.2. The second-order valence-corrected chi connectivity index (χ2v) is 16.0. The van der Waals surface area contributed by atoms with Gasteiger partial charge in [-0.3, -0.25) is 18.6 Å². The van der Waals surface area contributed by atoms with E-state index >= 15 is 0 Å². The standard InChI is InChI=1S/C45H82NO8P/c1-3-5-7-9-11-13-15-17-19-21-23-25-27-29-31-33-35-37-44(47)51-41-43(42-53-55(49,50)52-40-39-46)54-45(48)38-36-34-32-30-28-26-24-22-20-18-16-14-12-10-8-6-4-2/h11,13-14,16-17,19,23,25,43H,3-10,12,15,18,20-22,24,26-42,46H2,1-2H3,(H,49,50)/b13-11+,16-14+,19-17+,25-23+/t43-/m1/s1. The van der Waals surface area contributed by atoms with Gasteiger partial charge in [-0.15, -0.1) is 0 Å². The lowest BCUT2D eigenvalue weighted by Gasteiger charge is -2.19. The number of hydrogen-bond donors (Lipinski definition) is 2. The molecule has 0 spiro atoms. The molecule has 0 aromatic heterocycles. The third-order valence-electron chi connectivity index (χ3n) is 9.19. The van der Waals surface area contributed by atoms with Crippen molar-refractivity contribution in [2.75, 3.05) is 26.4 Å². The van der Waals surface area contributed by atoms with Gasteiger partial charge in [0, 0.05) is 19.4 Å². The topological polar surface area (TPSA) is 134 Å². The summed E-state index contributed by atoms with van der Waals surface area (Å²) in [6, 6.07) is 0. The number of carbonyl (C=O) groups is 2. The number of allylic oxidation sites excluding steroid dienone is 8. The maximum Gasteiger partial charge on any atom is 0.472 e. The zero-order valence-corrected chi connectivity index (χ0v) is 36.0. The van der Waals surface area contributed by atoms with E-state index in [1.165, 1.54) is 96.3 Å². The molecule has 0 aromatic rings. The molecule has 1 unspecified atom stereocenters. The van der Waals surface area contributed by atoms with Gasteiger partial charge in [-0.05, 0) is 77.0 Å². The SMILES string of the molecule is CCCCC/C=C/C/C=C/C/C=C/CCCCCCC(=O)OC[C@H](COP(=O)(O)OCCN)OC(=O)CCCCCCCCCCC/C=C/CCCCCC. The van der Waals surface area contributed by atoms with Gasteiger partial charge < -0.3 is 20.1 Å². The first-order valence-corrected chi connectivity index (χ1v) is 23.6. The first-order valence-electron chi connectivity index (χ1n) is 22.1. The molecule has 0 aliphatic carbocycles. The zero-order chi connectivity index (χ0) is 40.3. The van der Waals surface area contributed by atoms with Crippen LogP contribution in [0.2, 0.25) is 0 Å². The van der Waals surface area contributed by atoms with Crippen LogP contribution in [0.1, 0.15) is 194 Å². The molecule has 0 aliphatic rings. The van der Waals surface area contributed by atoms with Crippen molar-refractivity contribution in [3.8, 4) is 0 Å². The number of hydrogen-bond acceptors (Lipinski definition) is 8. The zero-order valence-electron chi connectivity index (χ0n) is 35.2. The summed E-state index contributed by atoms with van der Waals surface area (Å²) in [5.41, 5.74) is 5.35. The van der Waals surface area contributed by atoms with Crippen LogP contribution in [-0.4, -0.2) is 49.3 Å². The molecular weight excluding hydrogens is 713 g/mol. The summed E-state index contributed by atoms with van der Waals surface area (Å²) >= 11 is 0. The van der Waals surface area contributed by atoms with E-state index in [4.69, 9.17) is 24.3 Å². The summed E-state index contributed by atoms with van der Waals surface area (Å²) in [6.07, 6.45) is 47.0. The van der Waals surface area contributed by atoms with Gasteiger partial charge >= 0.3 is 19.8 Å². The van der Waals surface area contributed by atoms with Gasteiger partial charge in [-0.1, -0.05) is 152 Å². The van der Waals surface area contributed by atoms with Crippen LogP contribution < -0.4 is 5.73 Å². The van der Waals surface area contributed by atoms with Gasteiger partial charge in [0.05, 0.1) is 13.2 Å². The second-order valence-electron chi connectivity index (χ2n) is 14.6. The molecule has 0 rings (SSSR count). The highest BCUT2D eigenvalue weighted by molar-refractivity contribution is 7.47. The minimum absolute atomic E-state index is 0.0486. The van der Waals surface area contributed by atoms with Crippen LogP contribution in [0.3, 0.4) is 0 Å².